The quantitative estimate of drug-likeness (QED) is 0.730. The van der Waals surface area contributed by atoms with Gasteiger partial charge in [0, 0.05) is 12.3 Å². The number of ether oxygens (including phenoxy) is 1. The zero-order chi connectivity index (χ0) is 12.4. The van der Waals surface area contributed by atoms with Crippen LogP contribution in [0.5, 0.6) is 11.5 Å². The van der Waals surface area contributed by atoms with Crippen molar-refractivity contribution in [1.82, 2.24) is 4.98 Å². The van der Waals surface area contributed by atoms with Gasteiger partial charge < -0.3 is 4.74 Å². The van der Waals surface area contributed by atoms with Gasteiger partial charge in [-0.3, -0.25) is 0 Å². The van der Waals surface area contributed by atoms with Crippen molar-refractivity contribution in [3.8, 4) is 11.5 Å². The number of hydrogen-bond donors (Lipinski definition) is 0. The topological polar surface area (TPSA) is 22.1 Å². The molecule has 0 bridgehead atoms. The van der Waals surface area contributed by atoms with Crippen LogP contribution in [0.2, 0.25) is 0 Å². The van der Waals surface area contributed by atoms with Crippen LogP contribution < -0.4 is 4.74 Å². The van der Waals surface area contributed by atoms with E-state index in [0.717, 1.165) is 22.4 Å². The van der Waals surface area contributed by atoms with Crippen LogP contribution in [-0.4, -0.2) is 4.98 Å². The van der Waals surface area contributed by atoms with Gasteiger partial charge in [-0.15, -0.1) is 0 Å². The molecule has 0 saturated heterocycles. The summed E-state index contributed by atoms with van der Waals surface area (Å²) in [5.74, 6) is 0.718. The zero-order valence-electron chi connectivity index (χ0n) is 10.1. The summed E-state index contributed by atoms with van der Waals surface area (Å²) in [6, 6.07) is 6.96. The van der Waals surface area contributed by atoms with Crippen molar-refractivity contribution in [2.45, 2.75) is 20.8 Å². The second kappa shape index (κ2) is 4.53. The third kappa shape index (κ3) is 2.44. The van der Waals surface area contributed by atoms with Crippen LogP contribution in [0.1, 0.15) is 16.7 Å². The molecule has 3 heteroatoms. The highest BCUT2D eigenvalue weighted by Gasteiger charge is 2.08. The smallest absolute Gasteiger partial charge is 0.216 e. The second-order valence-electron chi connectivity index (χ2n) is 4.07. The first-order chi connectivity index (χ1) is 8.08. The van der Waals surface area contributed by atoms with E-state index in [2.05, 4.69) is 4.98 Å². The molecule has 0 atom stereocenters. The van der Waals surface area contributed by atoms with Crippen LogP contribution in [0.3, 0.4) is 0 Å². The molecule has 0 fully saturated rings. The summed E-state index contributed by atoms with van der Waals surface area (Å²) in [5, 5.41) is 0. The lowest BCUT2D eigenvalue weighted by atomic mass is 10.1. The Morgan fingerprint density at radius 1 is 1.06 bits per heavy atom. The highest BCUT2D eigenvalue weighted by Crippen LogP contribution is 2.30. The molecule has 88 valence electrons. The van der Waals surface area contributed by atoms with Gasteiger partial charge in [0.25, 0.3) is 0 Å². The van der Waals surface area contributed by atoms with Crippen LogP contribution in [0.25, 0.3) is 0 Å². The number of aryl methyl sites for hydroxylation is 2. The molecule has 2 aromatic rings. The van der Waals surface area contributed by atoms with Gasteiger partial charge >= 0.3 is 0 Å². The molecule has 0 saturated carbocycles. The molecule has 1 aromatic carbocycles. The molecule has 0 N–H and O–H groups in total. The summed E-state index contributed by atoms with van der Waals surface area (Å²) in [6.07, 6.45) is 1.39. The van der Waals surface area contributed by atoms with E-state index in [1.165, 1.54) is 12.3 Å². The lowest BCUT2D eigenvalue weighted by Crippen LogP contribution is -1.94. The van der Waals surface area contributed by atoms with E-state index in [1.54, 1.807) is 6.07 Å². The molecule has 17 heavy (non-hydrogen) atoms. The molecule has 0 aliphatic carbocycles. The molecule has 1 heterocycles. The van der Waals surface area contributed by atoms with Crippen molar-refractivity contribution in [2.24, 2.45) is 0 Å². The summed E-state index contributed by atoms with van der Waals surface area (Å²) in [4.78, 5) is 3.50. The molecule has 0 radical (unpaired) electrons. The van der Waals surface area contributed by atoms with Crippen molar-refractivity contribution in [1.29, 1.82) is 0 Å². The van der Waals surface area contributed by atoms with Crippen LogP contribution in [-0.2, 0) is 0 Å². The summed E-state index contributed by atoms with van der Waals surface area (Å²) < 4.78 is 18.7. The van der Waals surface area contributed by atoms with Gasteiger partial charge in [-0.2, -0.15) is 4.39 Å². The largest absolute Gasteiger partial charge is 0.457 e. The maximum atomic E-state index is 13.0. The Bertz CT molecular complexity index is 552. The van der Waals surface area contributed by atoms with E-state index in [9.17, 15) is 4.39 Å². The molecule has 1 aromatic heterocycles. The average Bonchev–Trinajstić information content (AvgIpc) is 2.30. The van der Waals surface area contributed by atoms with Gasteiger partial charge in [0.15, 0.2) is 0 Å². The van der Waals surface area contributed by atoms with E-state index >= 15 is 0 Å². The summed E-state index contributed by atoms with van der Waals surface area (Å²) in [7, 11) is 0. The standard InChI is InChI=1S/C14H14FNO/c1-9-4-5-10(2)14(11(9)3)17-12-6-7-16-13(15)8-12/h4-8H,1-3H3. The fourth-order valence-corrected chi connectivity index (χ4v) is 1.65. The third-order valence-electron chi connectivity index (χ3n) is 2.79. The van der Waals surface area contributed by atoms with Gasteiger partial charge in [-0.1, -0.05) is 12.1 Å². The minimum Gasteiger partial charge on any atom is -0.457 e. The van der Waals surface area contributed by atoms with E-state index in [4.69, 9.17) is 4.74 Å². The Balaban J connectivity index is 2.39. The van der Waals surface area contributed by atoms with Crippen molar-refractivity contribution in [2.75, 3.05) is 0 Å². The first kappa shape index (κ1) is 11.6. The van der Waals surface area contributed by atoms with Gasteiger partial charge in [0.05, 0.1) is 0 Å². The summed E-state index contributed by atoms with van der Waals surface area (Å²) >= 11 is 0. The zero-order valence-corrected chi connectivity index (χ0v) is 10.1. The number of pyridine rings is 1. The second-order valence-corrected chi connectivity index (χ2v) is 4.07. The SMILES string of the molecule is Cc1ccc(C)c(Oc2ccnc(F)c2)c1C. The molecule has 0 aliphatic rings. The summed E-state index contributed by atoms with van der Waals surface area (Å²) in [6.45, 7) is 5.99. The average molecular weight is 231 g/mol. The summed E-state index contributed by atoms with van der Waals surface area (Å²) in [5.41, 5.74) is 3.26. The fraction of sp³-hybridized carbons (Fsp3) is 0.214. The lowest BCUT2D eigenvalue weighted by molar-refractivity contribution is 0.465. The van der Waals surface area contributed by atoms with Crippen LogP contribution >= 0.6 is 0 Å². The minimum atomic E-state index is -0.537. The Hall–Kier alpha value is -1.90. The van der Waals surface area contributed by atoms with Gasteiger partial charge in [-0.25, -0.2) is 4.98 Å². The molecular weight excluding hydrogens is 217 g/mol. The first-order valence-corrected chi connectivity index (χ1v) is 5.44. The maximum Gasteiger partial charge on any atom is 0.216 e. The number of benzene rings is 1. The van der Waals surface area contributed by atoms with E-state index in [-0.39, 0.29) is 0 Å². The fourth-order valence-electron chi connectivity index (χ4n) is 1.65. The molecule has 0 amide bonds. The number of aromatic nitrogens is 1. The molecular formula is C14H14FNO. The van der Waals surface area contributed by atoms with Crippen molar-refractivity contribution in [3.63, 3.8) is 0 Å². The number of nitrogens with zero attached hydrogens (tertiary/aromatic N) is 1. The van der Waals surface area contributed by atoms with Crippen molar-refractivity contribution >= 4 is 0 Å². The molecule has 0 aliphatic heterocycles. The predicted molar refractivity (Wildman–Crippen MR) is 64.9 cm³/mol. The van der Waals surface area contributed by atoms with Crippen molar-refractivity contribution in [3.05, 3.63) is 53.1 Å². The van der Waals surface area contributed by atoms with Gasteiger partial charge in [0.2, 0.25) is 5.95 Å². The van der Waals surface area contributed by atoms with Gasteiger partial charge in [-0.05, 0) is 43.5 Å². The predicted octanol–water partition coefficient (Wildman–Crippen LogP) is 3.94. The maximum absolute atomic E-state index is 13.0. The molecule has 0 unspecified atom stereocenters. The number of halogens is 1. The van der Waals surface area contributed by atoms with Crippen LogP contribution in [0, 0.1) is 26.7 Å². The van der Waals surface area contributed by atoms with Gasteiger partial charge in [0.1, 0.15) is 11.5 Å². The number of rotatable bonds is 2. The molecule has 2 nitrogen and oxygen atoms in total. The van der Waals surface area contributed by atoms with Crippen LogP contribution in [0.15, 0.2) is 30.5 Å². The Morgan fingerprint density at radius 3 is 2.47 bits per heavy atom. The Labute approximate surface area is 100 Å². The highest BCUT2D eigenvalue weighted by molar-refractivity contribution is 5.46. The number of hydrogen-bond acceptors (Lipinski definition) is 2. The van der Waals surface area contributed by atoms with E-state index in [0.29, 0.717) is 5.75 Å². The normalized spacial score (nSPS) is 10.4. The third-order valence-corrected chi connectivity index (χ3v) is 2.79. The van der Waals surface area contributed by atoms with Crippen molar-refractivity contribution < 1.29 is 9.13 Å². The monoisotopic (exact) mass is 231 g/mol. The first-order valence-electron chi connectivity index (χ1n) is 5.44. The molecule has 0 spiro atoms. The minimum absolute atomic E-state index is 0.467. The highest BCUT2D eigenvalue weighted by atomic mass is 19.1. The van der Waals surface area contributed by atoms with E-state index in [1.807, 2.05) is 32.9 Å². The Morgan fingerprint density at radius 2 is 1.76 bits per heavy atom. The molecule has 2 rings (SSSR count). The lowest BCUT2D eigenvalue weighted by Gasteiger charge is -2.13. The van der Waals surface area contributed by atoms with Crippen LogP contribution in [0.4, 0.5) is 4.39 Å². The van der Waals surface area contributed by atoms with E-state index < -0.39 is 5.95 Å². The Kier molecular flexibility index (Phi) is 3.09.